The lowest BCUT2D eigenvalue weighted by molar-refractivity contribution is -0.385. The molecule has 1 unspecified atom stereocenters. The van der Waals surface area contributed by atoms with E-state index in [1.165, 1.54) is 16.4 Å². The first-order chi connectivity index (χ1) is 11.9. The molecule has 1 amide bonds. The van der Waals surface area contributed by atoms with E-state index in [1.54, 1.807) is 0 Å². The van der Waals surface area contributed by atoms with Crippen LogP contribution in [0, 0.1) is 10.1 Å². The van der Waals surface area contributed by atoms with Crippen molar-refractivity contribution in [3.8, 4) is 0 Å². The molecule has 25 heavy (non-hydrogen) atoms. The third kappa shape index (κ3) is 5.39. The highest BCUT2D eigenvalue weighted by Crippen LogP contribution is 2.17. The third-order valence-electron chi connectivity index (χ3n) is 3.95. The van der Waals surface area contributed by atoms with Gasteiger partial charge in [0.15, 0.2) is 0 Å². The standard InChI is InChI=1S/C17H23N5O3/c1-12(2)13-3-5-14(6-4-13)16(18)10-19-17(23)7-8-21-11-15(9-20-21)22(24)25/h3-6,9,11-12,16H,7-8,10,18H2,1-2H3,(H,19,23). The summed E-state index contributed by atoms with van der Waals surface area (Å²) in [6.45, 7) is 4.86. The lowest BCUT2D eigenvalue weighted by Crippen LogP contribution is -2.32. The highest BCUT2D eigenvalue weighted by Gasteiger charge is 2.11. The van der Waals surface area contributed by atoms with Gasteiger partial charge in [0.2, 0.25) is 5.91 Å². The zero-order valence-electron chi connectivity index (χ0n) is 14.4. The monoisotopic (exact) mass is 345 g/mol. The Bertz CT molecular complexity index is 724. The molecule has 1 aromatic heterocycles. The van der Waals surface area contributed by atoms with Crippen LogP contribution in [0.15, 0.2) is 36.7 Å². The van der Waals surface area contributed by atoms with Crippen molar-refractivity contribution in [2.45, 2.75) is 38.8 Å². The number of nitrogens with one attached hydrogen (secondary N) is 1. The second-order valence-corrected chi connectivity index (χ2v) is 6.20. The summed E-state index contributed by atoms with van der Waals surface area (Å²) in [5, 5.41) is 17.2. The molecule has 0 spiro atoms. The van der Waals surface area contributed by atoms with Crippen molar-refractivity contribution >= 4 is 11.6 Å². The van der Waals surface area contributed by atoms with Gasteiger partial charge in [0, 0.05) is 25.6 Å². The van der Waals surface area contributed by atoms with Gasteiger partial charge >= 0.3 is 5.69 Å². The maximum absolute atomic E-state index is 11.9. The van der Waals surface area contributed by atoms with Gasteiger partial charge in [-0.2, -0.15) is 5.10 Å². The van der Waals surface area contributed by atoms with Gasteiger partial charge in [0.05, 0.1) is 4.92 Å². The maximum Gasteiger partial charge on any atom is 0.306 e. The molecule has 2 rings (SSSR count). The van der Waals surface area contributed by atoms with Gasteiger partial charge in [-0.3, -0.25) is 19.6 Å². The molecule has 0 saturated carbocycles. The zero-order valence-corrected chi connectivity index (χ0v) is 14.4. The molecule has 0 aliphatic carbocycles. The normalized spacial score (nSPS) is 12.2. The number of nitrogens with zero attached hydrogens (tertiary/aromatic N) is 3. The summed E-state index contributed by atoms with van der Waals surface area (Å²) in [6.07, 6.45) is 2.64. The predicted molar refractivity (Wildman–Crippen MR) is 94.0 cm³/mol. The number of carbonyl (C=O) groups is 1. The Kier molecular flexibility index (Phi) is 6.24. The summed E-state index contributed by atoms with van der Waals surface area (Å²) in [6, 6.07) is 7.78. The number of benzene rings is 1. The number of nitrogens with two attached hydrogens (primary N) is 1. The Balaban J connectivity index is 1.77. The van der Waals surface area contributed by atoms with Crippen molar-refractivity contribution in [2.24, 2.45) is 5.73 Å². The van der Waals surface area contributed by atoms with Crippen LogP contribution in [0.5, 0.6) is 0 Å². The molecule has 1 aromatic carbocycles. The third-order valence-corrected chi connectivity index (χ3v) is 3.95. The zero-order chi connectivity index (χ0) is 18.4. The largest absolute Gasteiger partial charge is 0.354 e. The average Bonchev–Trinajstić information content (AvgIpc) is 3.07. The van der Waals surface area contributed by atoms with Gasteiger partial charge in [-0.15, -0.1) is 0 Å². The molecule has 0 aliphatic heterocycles. The maximum atomic E-state index is 11.9. The summed E-state index contributed by atoms with van der Waals surface area (Å²) in [7, 11) is 0. The predicted octanol–water partition coefficient (Wildman–Crippen LogP) is 2.12. The molecule has 0 bridgehead atoms. The summed E-state index contributed by atoms with van der Waals surface area (Å²) >= 11 is 0. The van der Waals surface area contributed by atoms with Crippen LogP contribution < -0.4 is 11.1 Å². The lowest BCUT2D eigenvalue weighted by Gasteiger charge is -2.14. The van der Waals surface area contributed by atoms with Crippen LogP contribution in [-0.4, -0.2) is 27.2 Å². The van der Waals surface area contributed by atoms with Gasteiger partial charge in [-0.1, -0.05) is 38.1 Å². The SMILES string of the molecule is CC(C)c1ccc(C(N)CNC(=O)CCn2cc([N+](=O)[O-])cn2)cc1. The Morgan fingerprint density at radius 3 is 2.52 bits per heavy atom. The number of amides is 1. The molecule has 0 radical (unpaired) electrons. The van der Waals surface area contributed by atoms with Crippen LogP contribution in [-0.2, 0) is 11.3 Å². The first kappa shape index (κ1) is 18.6. The highest BCUT2D eigenvalue weighted by molar-refractivity contribution is 5.75. The van der Waals surface area contributed by atoms with Gasteiger partial charge < -0.3 is 11.1 Å². The molecule has 1 heterocycles. The Labute approximate surface area is 146 Å². The second kappa shape index (κ2) is 8.39. The number of carbonyl (C=O) groups excluding carboxylic acids is 1. The quantitative estimate of drug-likeness (QED) is 0.561. The summed E-state index contributed by atoms with van der Waals surface area (Å²) in [4.78, 5) is 22.0. The van der Waals surface area contributed by atoms with Crippen LogP contribution in [0.2, 0.25) is 0 Å². The van der Waals surface area contributed by atoms with Crippen molar-refractivity contribution in [3.63, 3.8) is 0 Å². The number of hydrogen-bond acceptors (Lipinski definition) is 5. The Morgan fingerprint density at radius 2 is 1.96 bits per heavy atom. The minimum Gasteiger partial charge on any atom is -0.354 e. The Hall–Kier alpha value is -2.74. The number of hydrogen-bond donors (Lipinski definition) is 2. The second-order valence-electron chi connectivity index (χ2n) is 6.20. The fourth-order valence-corrected chi connectivity index (χ4v) is 2.34. The molecule has 2 aromatic rings. The van der Waals surface area contributed by atoms with E-state index in [4.69, 9.17) is 5.73 Å². The molecule has 134 valence electrons. The van der Waals surface area contributed by atoms with Crippen molar-refractivity contribution in [1.29, 1.82) is 0 Å². The van der Waals surface area contributed by atoms with E-state index >= 15 is 0 Å². The van der Waals surface area contributed by atoms with Crippen LogP contribution in [0.4, 0.5) is 5.69 Å². The fourth-order valence-electron chi connectivity index (χ4n) is 2.34. The highest BCUT2D eigenvalue weighted by atomic mass is 16.6. The molecule has 0 saturated heterocycles. The van der Waals surface area contributed by atoms with Crippen LogP contribution in [0.3, 0.4) is 0 Å². The van der Waals surface area contributed by atoms with Crippen molar-refractivity contribution in [1.82, 2.24) is 15.1 Å². The van der Waals surface area contributed by atoms with Gasteiger partial charge in [0.1, 0.15) is 12.4 Å². The molecule has 3 N–H and O–H groups in total. The van der Waals surface area contributed by atoms with Crippen LogP contribution in [0.25, 0.3) is 0 Å². The Morgan fingerprint density at radius 1 is 1.32 bits per heavy atom. The molecule has 8 nitrogen and oxygen atoms in total. The van der Waals surface area contributed by atoms with E-state index in [0.717, 1.165) is 11.8 Å². The summed E-state index contributed by atoms with van der Waals surface area (Å²) in [5.41, 5.74) is 8.22. The van der Waals surface area contributed by atoms with E-state index in [1.807, 2.05) is 24.3 Å². The number of aryl methyl sites for hydroxylation is 1. The smallest absolute Gasteiger partial charge is 0.306 e. The number of rotatable bonds is 8. The average molecular weight is 345 g/mol. The van der Waals surface area contributed by atoms with Crippen LogP contribution in [0.1, 0.15) is 43.4 Å². The summed E-state index contributed by atoms with van der Waals surface area (Å²) in [5.74, 6) is 0.288. The summed E-state index contributed by atoms with van der Waals surface area (Å²) < 4.78 is 1.38. The van der Waals surface area contributed by atoms with E-state index in [-0.39, 0.29) is 30.6 Å². The van der Waals surface area contributed by atoms with Gasteiger partial charge in [-0.05, 0) is 17.0 Å². The minimum atomic E-state index is -0.521. The van der Waals surface area contributed by atoms with Gasteiger partial charge in [0.25, 0.3) is 0 Å². The first-order valence-corrected chi connectivity index (χ1v) is 8.15. The molecular formula is C17H23N5O3. The topological polar surface area (TPSA) is 116 Å². The van der Waals surface area contributed by atoms with E-state index < -0.39 is 4.92 Å². The van der Waals surface area contributed by atoms with E-state index in [9.17, 15) is 14.9 Å². The molecule has 8 heteroatoms. The van der Waals surface area contributed by atoms with Crippen molar-refractivity contribution < 1.29 is 9.72 Å². The lowest BCUT2D eigenvalue weighted by atomic mass is 9.99. The molecule has 0 fully saturated rings. The molecule has 1 atom stereocenters. The van der Waals surface area contributed by atoms with Crippen molar-refractivity contribution in [2.75, 3.05) is 6.54 Å². The van der Waals surface area contributed by atoms with E-state index in [0.29, 0.717) is 12.5 Å². The van der Waals surface area contributed by atoms with Crippen molar-refractivity contribution in [3.05, 3.63) is 57.9 Å². The fraction of sp³-hybridized carbons (Fsp3) is 0.412. The number of aromatic nitrogens is 2. The number of nitro groups is 1. The van der Waals surface area contributed by atoms with E-state index in [2.05, 4.69) is 24.3 Å². The minimum absolute atomic E-state index is 0.0905. The molecular weight excluding hydrogens is 322 g/mol. The van der Waals surface area contributed by atoms with Crippen LogP contribution >= 0.6 is 0 Å². The van der Waals surface area contributed by atoms with Gasteiger partial charge in [-0.25, -0.2) is 0 Å². The molecule has 0 aliphatic rings. The first-order valence-electron chi connectivity index (χ1n) is 8.15.